The number of hydrogen-bond donors (Lipinski definition) is 0. The van der Waals surface area contributed by atoms with E-state index in [2.05, 4.69) is 118 Å². The molecule has 7 aromatic carbocycles. The summed E-state index contributed by atoms with van der Waals surface area (Å²) in [6, 6.07) is 52.8. The summed E-state index contributed by atoms with van der Waals surface area (Å²) >= 11 is 0. The van der Waals surface area contributed by atoms with Crippen LogP contribution >= 0.6 is 0 Å². The van der Waals surface area contributed by atoms with Crippen molar-refractivity contribution >= 4 is 83.7 Å². The molecule has 0 saturated heterocycles. The molecule has 294 valence electrons. The Morgan fingerprint density at radius 2 is 0.918 bits per heavy atom. The standard InChI is InChI=1S/C55H42N4O2/c1-57-51-44(34-56)52(58(36-16-4-2-5-17-36)38-24-26-42-40-20-8-10-22-45(40)60-47(42)32-38)49-50(55(30-14-15-31-55)35-54(49)28-12-13-29-54)53(51)59(37-18-6-3-7-19-37)39-25-27-43-41-21-9-11-23-46(41)61-48(43)33-39/h2-11,16-27,32-33H,12-15,28-31,35H2. The summed E-state index contributed by atoms with van der Waals surface area (Å²) in [7, 11) is 0. The van der Waals surface area contributed by atoms with E-state index >= 15 is 0 Å². The maximum absolute atomic E-state index is 11.8. The maximum atomic E-state index is 11.8. The van der Waals surface area contributed by atoms with E-state index in [1.54, 1.807) is 0 Å². The maximum Gasteiger partial charge on any atom is 0.230 e. The Balaban J connectivity index is 1.21. The van der Waals surface area contributed by atoms with Crippen molar-refractivity contribution in [2.45, 2.75) is 68.6 Å². The molecule has 0 radical (unpaired) electrons. The highest BCUT2D eigenvalue weighted by molar-refractivity contribution is 6.08. The first kappa shape index (κ1) is 35.6. The molecule has 0 unspecified atom stereocenters. The van der Waals surface area contributed by atoms with Crippen molar-refractivity contribution < 1.29 is 8.83 Å². The van der Waals surface area contributed by atoms with E-state index in [0.29, 0.717) is 11.3 Å². The van der Waals surface area contributed by atoms with Crippen molar-refractivity contribution in [2.24, 2.45) is 0 Å². The van der Waals surface area contributed by atoms with E-state index in [4.69, 9.17) is 8.83 Å². The Kier molecular flexibility index (Phi) is 7.96. The van der Waals surface area contributed by atoms with E-state index in [1.165, 1.54) is 11.1 Å². The predicted molar refractivity (Wildman–Crippen MR) is 246 cm³/mol. The Bertz CT molecular complexity index is 3060. The van der Waals surface area contributed by atoms with Gasteiger partial charge < -0.3 is 18.6 Å². The lowest BCUT2D eigenvalue weighted by Gasteiger charge is -2.38. The first-order chi connectivity index (χ1) is 30.1. The van der Waals surface area contributed by atoms with Crippen LogP contribution in [0, 0.1) is 17.9 Å². The molecule has 0 aliphatic heterocycles. The molecule has 61 heavy (non-hydrogen) atoms. The molecule has 0 amide bonds. The van der Waals surface area contributed by atoms with Crippen molar-refractivity contribution in [3.63, 3.8) is 0 Å². The second-order valence-corrected chi connectivity index (χ2v) is 17.4. The number of fused-ring (bicyclic) bond motifs is 9. The summed E-state index contributed by atoms with van der Waals surface area (Å²) in [4.78, 5) is 9.05. The van der Waals surface area contributed by atoms with Gasteiger partial charge in [0.15, 0.2) is 0 Å². The SMILES string of the molecule is [C-]#[N+]c1c(C#N)c(N(c2ccccc2)c2ccc3c(c2)oc2ccccc23)c2c(c1N(c1ccccc1)c1ccc3c(c1)oc1ccccc13)C1(CCCC1)CC21CCCC1. The summed E-state index contributed by atoms with van der Waals surface area (Å²) in [6.07, 6.45) is 9.79. The zero-order valence-electron chi connectivity index (χ0n) is 33.8. The molecular formula is C55H42N4O2. The molecular weight excluding hydrogens is 749 g/mol. The van der Waals surface area contributed by atoms with E-state index in [9.17, 15) is 11.8 Å². The minimum atomic E-state index is -0.155. The highest BCUT2D eigenvalue weighted by Crippen LogP contribution is 2.69. The fraction of sp³-hybridized carbons (Fsp3) is 0.200. The van der Waals surface area contributed by atoms with Gasteiger partial charge in [-0.15, -0.1) is 0 Å². The molecule has 12 rings (SSSR count). The van der Waals surface area contributed by atoms with Crippen molar-refractivity contribution in [1.82, 2.24) is 0 Å². The molecule has 3 aliphatic carbocycles. The van der Waals surface area contributed by atoms with Crippen LogP contribution in [0.3, 0.4) is 0 Å². The van der Waals surface area contributed by atoms with Gasteiger partial charge in [0.05, 0.1) is 29.6 Å². The van der Waals surface area contributed by atoms with Gasteiger partial charge in [0.25, 0.3) is 0 Å². The number of anilines is 6. The topological polar surface area (TPSA) is 60.9 Å². The minimum Gasteiger partial charge on any atom is -0.456 e. The van der Waals surface area contributed by atoms with Crippen LogP contribution in [0.5, 0.6) is 0 Å². The van der Waals surface area contributed by atoms with Crippen LogP contribution in [0.25, 0.3) is 48.7 Å². The van der Waals surface area contributed by atoms with Gasteiger partial charge in [-0.2, -0.15) is 5.26 Å². The molecule has 2 heterocycles. The number of rotatable bonds is 6. The van der Waals surface area contributed by atoms with Crippen molar-refractivity contribution in [1.29, 1.82) is 5.26 Å². The van der Waals surface area contributed by atoms with Crippen LogP contribution in [0.4, 0.5) is 39.8 Å². The zero-order chi connectivity index (χ0) is 40.7. The fourth-order valence-corrected chi connectivity index (χ4v) is 11.9. The largest absolute Gasteiger partial charge is 0.456 e. The van der Waals surface area contributed by atoms with Crippen molar-refractivity contribution in [3.8, 4) is 6.07 Å². The Morgan fingerprint density at radius 3 is 1.39 bits per heavy atom. The van der Waals surface area contributed by atoms with Crippen LogP contribution < -0.4 is 9.80 Å². The Hall–Kier alpha value is -7.28. The van der Waals surface area contributed by atoms with Gasteiger partial charge in [0, 0.05) is 56.4 Å². The number of furan rings is 2. The predicted octanol–water partition coefficient (Wildman–Crippen LogP) is 15.9. The summed E-state index contributed by atoms with van der Waals surface area (Å²) in [6.45, 7) is 9.19. The average Bonchev–Trinajstić information content (AvgIpc) is 4.15. The summed E-state index contributed by atoms with van der Waals surface area (Å²) in [5.74, 6) is 0. The van der Waals surface area contributed by atoms with Gasteiger partial charge in [-0.3, -0.25) is 0 Å². The molecule has 0 N–H and O–H groups in total. The molecule has 6 nitrogen and oxygen atoms in total. The average molecular weight is 791 g/mol. The molecule has 2 aromatic heterocycles. The highest BCUT2D eigenvalue weighted by Gasteiger charge is 2.58. The highest BCUT2D eigenvalue weighted by atomic mass is 16.3. The lowest BCUT2D eigenvalue weighted by molar-refractivity contribution is 0.324. The quantitative estimate of drug-likeness (QED) is 0.157. The summed E-state index contributed by atoms with van der Waals surface area (Å²) in [5.41, 5.74) is 11.6. The van der Waals surface area contributed by atoms with Crippen LogP contribution in [0.2, 0.25) is 0 Å². The van der Waals surface area contributed by atoms with Crippen LogP contribution in [-0.2, 0) is 10.8 Å². The molecule has 0 bridgehead atoms. The second-order valence-electron chi connectivity index (χ2n) is 17.4. The molecule has 2 spiro atoms. The normalized spacial score (nSPS) is 16.2. The lowest BCUT2D eigenvalue weighted by Crippen LogP contribution is -2.25. The Labute approximate surface area is 354 Å². The zero-order valence-corrected chi connectivity index (χ0v) is 33.8. The van der Waals surface area contributed by atoms with E-state index < -0.39 is 0 Å². The lowest BCUT2D eigenvalue weighted by atomic mass is 9.74. The van der Waals surface area contributed by atoms with Crippen molar-refractivity contribution in [3.05, 3.63) is 174 Å². The van der Waals surface area contributed by atoms with Gasteiger partial charge in [-0.05, 0) is 115 Å². The monoisotopic (exact) mass is 790 g/mol. The number of nitrogens with zero attached hydrogens (tertiary/aromatic N) is 4. The number of nitriles is 1. The number of para-hydroxylation sites is 4. The van der Waals surface area contributed by atoms with Gasteiger partial charge in [-0.1, -0.05) is 98.5 Å². The van der Waals surface area contributed by atoms with Crippen LogP contribution in [-0.4, -0.2) is 0 Å². The fourth-order valence-electron chi connectivity index (χ4n) is 11.9. The number of benzene rings is 7. The first-order valence-electron chi connectivity index (χ1n) is 21.7. The third-order valence-corrected chi connectivity index (χ3v) is 14.2. The Morgan fingerprint density at radius 1 is 0.492 bits per heavy atom. The van der Waals surface area contributed by atoms with Crippen LogP contribution in [0.1, 0.15) is 74.5 Å². The third kappa shape index (κ3) is 5.25. The second kappa shape index (κ2) is 13.6. The number of hydrogen-bond acceptors (Lipinski definition) is 5. The smallest absolute Gasteiger partial charge is 0.230 e. The van der Waals surface area contributed by atoms with E-state index in [-0.39, 0.29) is 10.8 Å². The molecule has 3 aliphatic rings. The third-order valence-electron chi connectivity index (χ3n) is 14.2. The van der Waals surface area contributed by atoms with Crippen LogP contribution in [0.15, 0.2) is 154 Å². The first-order valence-corrected chi connectivity index (χ1v) is 21.7. The summed E-state index contributed by atoms with van der Waals surface area (Å²) < 4.78 is 13.0. The van der Waals surface area contributed by atoms with Gasteiger partial charge in [0.2, 0.25) is 5.69 Å². The van der Waals surface area contributed by atoms with Crippen molar-refractivity contribution in [2.75, 3.05) is 9.80 Å². The minimum absolute atomic E-state index is 0.154. The molecule has 2 fully saturated rings. The van der Waals surface area contributed by atoms with Gasteiger partial charge in [0.1, 0.15) is 22.3 Å². The molecule has 9 aromatic rings. The van der Waals surface area contributed by atoms with Gasteiger partial charge >= 0.3 is 0 Å². The molecule has 6 heteroatoms. The molecule has 0 atom stereocenters. The van der Waals surface area contributed by atoms with E-state index in [0.717, 1.165) is 136 Å². The summed E-state index contributed by atoms with van der Waals surface area (Å²) in [5, 5.41) is 16.0. The van der Waals surface area contributed by atoms with E-state index in [1.807, 2.05) is 48.5 Å². The van der Waals surface area contributed by atoms with Gasteiger partial charge in [-0.25, -0.2) is 4.85 Å². The molecule has 2 saturated carbocycles.